The molecule has 1 N–H and O–H groups in total. The molecule has 2 unspecified atom stereocenters. The van der Waals surface area contributed by atoms with Gasteiger partial charge >= 0.3 is 0 Å². The van der Waals surface area contributed by atoms with E-state index in [9.17, 15) is 0 Å². The van der Waals surface area contributed by atoms with Crippen molar-refractivity contribution < 1.29 is 0 Å². The molecule has 1 aromatic carbocycles. The highest BCUT2D eigenvalue weighted by molar-refractivity contribution is 14.0. The number of aryl methyl sites for hydroxylation is 1. The van der Waals surface area contributed by atoms with E-state index in [-0.39, 0.29) is 29.9 Å². The fourth-order valence-corrected chi connectivity index (χ4v) is 4.37. The van der Waals surface area contributed by atoms with Crippen LogP contribution in [0, 0.1) is 0 Å². The molecule has 1 aromatic heterocycles. The lowest BCUT2D eigenvalue weighted by Crippen LogP contribution is -2.40. The number of aromatic nitrogens is 2. The predicted molar refractivity (Wildman–Crippen MR) is 128 cm³/mol. The lowest BCUT2D eigenvalue weighted by atomic mass is 10.0. The number of hydrogen-bond acceptors (Lipinski definition) is 2. The lowest BCUT2D eigenvalue weighted by Gasteiger charge is -2.22. The Morgan fingerprint density at radius 3 is 2.68 bits per heavy atom. The Labute approximate surface area is 194 Å². The van der Waals surface area contributed by atoms with E-state index >= 15 is 0 Å². The van der Waals surface area contributed by atoms with Crippen LogP contribution in [-0.2, 0) is 7.05 Å². The van der Waals surface area contributed by atoms with Gasteiger partial charge in [-0.05, 0) is 36.6 Å². The van der Waals surface area contributed by atoms with Gasteiger partial charge in [-0.1, -0.05) is 36.2 Å². The van der Waals surface area contributed by atoms with Gasteiger partial charge in [0.1, 0.15) is 0 Å². The summed E-state index contributed by atoms with van der Waals surface area (Å²) in [5.41, 5.74) is 2.27. The molecule has 154 valence electrons. The number of likely N-dealkylation sites (tertiary alicyclic amines) is 1. The topological polar surface area (TPSA) is 45.5 Å². The minimum Gasteiger partial charge on any atom is -0.357 e. The van der Waals surface area contributed by atoms with Gasteiger partial charge in [-0.2, -0.15) is 5.10 Å². The SMILES string of the molecule is CCNC(=NCC(C)c1c(Cl)cccc1Cl)N1CCC(c2cnn(C)c2)C1.I. The molecule has 2 heterocycles. The first-order chi connectivity index (χ1) is 13.0. The Hall–Kier alpha value is -0.990. The second-order valence-electron chi connectivity index (χ2n) is 7.11. The molecule has 0 saturated carbocycles. The zero-order valence-electron chi connectivity index (χ0n) is 16.5. The van der Waals surface area contributed by atoms with Crippen LogP contribution in [0.4, 0.5) is 0 Å². The quantitative estimate of drug-likeness (QED) is 0.336. The number of hydrogen-bond donors (Lipinski definition) is 1. The van der Waals surface area contributed by atoms with Crippen LogP contribution >= 0.6 is 47.2 Å². The molecule has 28 heavy (non-hydrogen) atoms. The third kappa shape index (κ3) is 5.54. The average molecular weight is 536 g/mol. The maximum absolute atomic E-state index is 6.35. The van der Waals surface area contributed by atoms with Crippen LogP contribution in [0.3, 0.4) is 0 Å². The Bertz CT molecular complexity index is 787. The highest BCUT2D eigenvalue weighted by Gasteiger charge is 2.27. The maximum Gasteiger partial charge on any atom is 0.193 e. The van der Waals surface area contributed by atoms with Crippen molar-refractivity contribution in [1.82, 2.24) is 20.0 Å². The van der Waals surface area contributed by atoms with Crippen molar-refractivity contribution in [2.24, 2.45) is 12.0 Å². The van der Waals surface area contributed by atoms with Crippen molar-refractivity contribution in [3.8, 4) is 0 Å². The Morgan fingerprint density at radius 2 is 2.07 bits per heavy atom. The van der Waals surface area contributed by atoms with Gasteiger partial charge in [-0.3, -0.25) is 9.67 Å². The largest absolute Gasteiger partial charge is 0.357 e. The molecule has 0 radical (unpaired) electrons. The normalized spacial score (nSPS) is 18.1. The molecule has 3 rings (SSSR count). The third-order valence-electron chi connectivity index (χ3n) is 5.03. The molecule has 0 spiro atoms. The third-order valence-corrected chi connectivity index (χ3v) is 5.69. The monoisotopic (exact) mass is 535 g/mol. The van der Waals surface area contributed by atoms with Crippen LogP contribution in [0.2, 0.25) is 10.0 Å². The van der Waals surface area contributed by atoms with Crippen LogP contribution in [0.5, 0.6) is 0 Å². The molecule has 1 fully saturated rings. The summed E-state index contributed by atoms with van der Waals surface area (Å²) in [6.45, 7) is 7.64. The minimum absolute atomic E-state index is 0. The summed E-state index contributed by atoms with van der Waals surface area (Å²) >= 11 is 12.7. The lowest BCUT2D eigenvalue weighted by molar-refractivity contribution is 0.485. The van der Waals surface area contributed by atoms with E-state index < -0.39 is 0 Å². The summed E-state index contributed by atoms with van der Waals surface area (Å²) in [5.74, 6) is 1.61. The van der Waals surface area contributed by atoms with Gasteiger partial charge in [0.2, 0.25) is 0 Å². The molecule has 1 saturated heterocycles. The second kappa shape index (κ2) is 10.7. The first kappa shape index (κ1) is 23.3. The number of guanidine groups is 1. The molecule has 2 aromatic rings. The number of benzene rings is 1. The highest BCUT2D eigenvalue weighted by atomic mass is 127. The summed E-state index contributed by atoms with van der Waals surface area (Å²) < 4.78 is 1.87. The molecule has 1 aliphatic rings. The molecule has 0 aliphatic carbocycles. The fourth-order valence-electron chi connectivity index (χ4n) is 3.60. The number of rotatable bonds is 5. The van der Waals surface area contributed by atoms with Crippen LogP contribution in [0.15, 0.2) is 35.6 Å². The first-order valence-corrected chi connectivity index (χ1v) is 10.2. The molecule has 5 nitrogen and oxygen atoms in total. The van der Waals surface area contributed by atoms with Crippen LogP contribution in [0.25, 0.3) is 0 Å². The highest BCUT2D eigenvalue weighted by Crippen LogP contribution is 2.32. The van der Waals surface area contributed by atoms with E-state index in [0.717, 1.165) is 37.6 Å². The van der Waals surface area contributed by atoms with Gasteiger partial charge in [0.25, 0.3) is 0 Å². The fraction of sp³-hybridized carbons (Fsp3) is 0.500. The van der Waals surface area contributed by atoms with E-state index in [1.807, 2.05) is 36.1 Å². The average Bonchev–Trinajstić information content (AvgIpc) is 3.27. The maximum atomic E-state index is 6.35. The Balaban J connectivity index is 0.00000280. The van der Waals surface area contributed by atoms with E-state index in [1.165, 1.54) is 5.56 Å². The zero-order valence-corrected chi connectivity index (χ0v) is 20.4. The number of nitrogens with zero attached hydrogens (tertiary/aromatic N) is 4. The smallest absolute Gasteiger partial charge is 0.193 e. The second-order valence-corrected chi connectivity index (χ2v) is 7.92. The zero-order chi connectivity index (χ0) is 19.4. The minimum atomic E-state index is 0. The first-order valence-electron chi connectivity index (χ1n) is 9.45. The van der Waals surface area contributed by atoms with Crippen molar-refractivity contribution in [2.45, 2.75) is 32.1 Å². The van der Waals surface area contributed by atoms with Crippen molar-refractivity contribution in [1.29, 1.82) is 0 Å². The van der Waals surface area contributed by atoms with Crippen molar-refractivity contribution in [3.63, 3.8) is 0 Å². The Morgan fingerprint density at radius 1 is 1.36 bits per heavy atom. The number of nitrogens with one attached hydrogen (secondary N) is 1. The molecule has 8 heteroatoms. The summed E-state index contributed by atoms with van der Waals surface area (Å²) in [6.07, 6.45) is 5.20. The number of halogens is 3. The molecular formula is C20H28Cl2IN5. The summed E-state index contributed by atoms with van der Waals surface area (Å²) in [5, 5.41) is 9.13. The van der Waals surface area contributed by atoms with Crippen LogP contribution < -0.4 is 5.32 Å². The predicted octanol–water partition coefficient (Wildman–Crippen LogP) is 4.90. The number of aliphatic imine (C=N–C) groups is 1. The van der Waals surface area contributed by atoms with Gasteiger partial charge < -0.3 is 10.2 Å². The standard InChI is InChI=1S/C20H27Cl2N5.HI/c1-4-23-20(24-10-14(2)19-17(21)6-5-7-18(19)22)27-9-8-15(13-27)16-11-25-26(3)12-16;/h5-7,11-12,14-15H,4,8-10,13H2,1-3H3,(H,23,24);1H. The van der Waals surface area contributed by atoms with Gasteiger partial charge in [0.15, 0.2) is 5.96 Å². The van der Waals surface area contributed by atoms with Crippen LogP contribution in [0.1, 0.15) is 43.2 Å². The summed E-state index contributed by atoms with van der Waals surface area (Å²) in [7, 11) is 1.96. The van der Waals surface area contributed by atoms with Crippen LogP contribution in [-0.4, -0.2) is 46.8 Å². The molecule has 0 bridgehead atoms. The van der Waals surface area contributed by atoms with Crippen molar-refractivity contribution >= 4 is 53.1 Å². The Kier molecular flexibility index (Phi) is 8.89. The summed E-state index contributed by atoms with van der Waals surface area (Å²) in [6, 6.07) is 5.64. The molecular weight excluding hydrogens is 508 g/mol. The molecule has 1 aliphatic heterocycles. The van der Waals surface area contributed by atoms with E-state index in [0.29, 0.717) is 22.5 Å². The summed E-state index contributed by atoms with van der Waals surface area (Å²) in [4.78, 5) is 7.22. The van der Waals surface area contributed by atoms with E-state index in [4.69, 9.17) is 28.2 Å². The van der Waals surface area contributed by atoms with Crippen molar-refractivity contribution in [3.05, 3.63) is 51.8 Å². The van der Waals surface area contributed by atoms with E-state index in [2.05, 4.69) is 35.4 Å². The van der Waals surface area contributed by atoms with Gasteiger partial charge in [0.05, 0.1) is 6.20 Å². The van der Waals surface area contributed by atoms with Gasteiger partial charge in [-0.25, -0.2) is 0 Å². The molecule has 2 atom stereocenters. The van der Waals surface area contributed by atoms with E-state index in [1.54, 1.807) is 0 Å². The molecule has 0 amide bonds. The van der Waals surface area contributed by atoms with Gasteiger partial charge in [-0.15, -0.1) is 24.0 Å². The van der Waals surface area contributed by atoms with Crippen molar-refractivity contribution in [2.75, 3.05) is 26.2 Å². The van der Waals surface area contributed by atoms with Gasteiger partial charge in [0, 0.05) is 61.3 Å².